The maximum absolute atomic E-state index is 12.6. The largest absolute Gasteiger partial charge is 0.502 e. The highest BCUT2D eigenvalue weighted by molar-refractivity contribution is 6.00. The van der Waals surface area contributed by atoms with Gasteiger partial charge in [-0.2, -0.15) is 0 Å². The average molecular weight is 358 g/mol. The lowest BCUT2D eigenvalue weighted by atomic mass is 9.71. The number of rotatable bonds is 3. The number of benzene rings is 1. The number of carbonyl (C=O) groups excluding carboxylic acids is 2. The SMILES string of the molecule is C=C1NC2=C(C(=O)CCC2)C(c2ccc(O)c([N+](=O)[O-])c2)C1C(=O)OC. The van der Waals surface area contributed by atoms with Crippen molar-refractivity contribution in [2.45, 2.75) is 25.2 Å². The maximum Gasteiger partial charge on any atom is 0.315 e. The minimum absolute atomic E-state index is 0.110. The Morgan fingerprint density at radius 3 is 2.81 bits per heavy atom. The van der Waals surface area contributed by atoms with Crippen molar-refractivity contribution in [1.82, 2.24) is 5.32 Å². The highest BCUT2D eigenvalue weighted by atomic mass is 16.6. The van der Waals surface area contributed by atoms with E-state index >= 15 is 0 Å². The fraction of sp³-hybridized carbons (Fsp3) is 0.333. The van der Waals surface area contributed by atoms with Gasteiger partial charge in [-0.1, -0.05) is 12.6 Å². The highest BCUT2D eigenvalue weighted by Crippen LogP contribution is 2.45. The summed E-state index contributed by atoms with van der Waals surface area (Å²) in [7, 11) is 1.23. The first-order valence-electron chi connectivity index (χ1n) is 8.12. The Balaban J connectivity index is 2.22. The van der Waals surface area contributed by atoms with Crippen molar-refractivity contribution in [2.24, 2.45) is 5.92 Å². The van der Waals surface area contributed by atoms with Gasteiger partial charge in [0.2, 0.25) is 0 Å². The summed E-state index contributed by atoms with van der Waals surface area (Å²) in [5.74, 6) is -2.83. The van der Waals surface area contributed by atoms with Crippen molar-refractivity contribution in [1.29, 1.82) is 0 Å². The van der Waals surface area contributed by atoms with Crippen LogP contribution in [-0.4, -0.2) is 28.9 Å². The number of methoxy groups -OCH3 is 1. The van der Waals surface area contributed by atoms with Crippen LogP contribution in [0.4, 0.5) is 5.69 Å². The smallest absolute Gasteiger partial charge is 0.315 e. The van der Waals surface area contributed by atoms with Gasteiger partial charge in [0.1, 0.15) is 5.92 Å². The number of allylic oxidation sites excluding steroid dienone is 2. The van der Waals surface area contributed by atoms with Gasteiger partial charge in [-0.05, 0) is 24.5 Å². The van der Waals surface area contributed by atoms with Crippen LogP contribution < -0.4 is 5.32 Å². The first-order valence-corrected chi connectivity index (χ1v) is 8.12. The third-order valence-electron chi connectivity index (χ3n) is 4.80. The molecule has 0 saturated carbocycles. The average Bonchev–Trinajstić information content (AvgIpc) is 2.60. The second-order valence-corrected chi connectivity index (χ2v) is 6.30. The molecule has 1 aliphatic carbocycles. The summed E-state index contributed by atoms with van der Waals surface area (Å²) < 4.78 is 4.87. The zero-order chi connectivity index (χ0) is 19.0. The van der Waals surface area contributed by atoms with E-state index in [1.165, 1.54) is 25.3 Å². The molecule has 0 fully saturated rings. The molecule has 0 spiro atoms. The number of nitrogens with one attached hydrogen (secondary N) is 1. The van der Waals surface area contributed by atoms with Gasteiger partial charge in [0.15, 0.2) is 11.5 Å². The Bertz CT molecular complexity index is 857. The van der Waals surface area contributed by atoms with Crippen molar-refractivity contribution in [3.05, 3.63) is 57.4 Å². The number of ketones is 1. The molecule has 0 radical (unpaired) electrons. The second-order valence-electron chi connectivity index (χ2n) is 6.30. The molecule has 3 rings (SSSR count). The topological polar surface area (TPSA) is 119 Å². The molecule has 0 saturated heterocycles. The molecule has 0 aromatic heterocycles. The zero-order valence-electron chi connectivity index (χ0n) is 14.2. The first kappa shape index (κ1) is 17.7. The molecule has 2 N–H and O–H groups in total. The number of hydrogen-bond acceptors (Lipinski definition) is 7. The van der Waals surface area contributed by atoms with Gasteiger partial charge < -0.3 is 15.2 Å². The fourth-order valence-corrected chi connectivity index (χ4v) is 3.64. The molecular formula is C18H18N2O6. The molecule has 2 unspecified atom stereocenters. The summed E-state index contributed by atoms with van der Waals surface area (Å²) in [6.07, 6.45) is 1.66. The first-order chi connectivity index (χ1) is 12.3. The van der Waals surface area contributed by atoms with Gasteiger partial charge in [-0.25, -0.2) is 0 Å². The third kappa shape index (κ3) is 2.83. The number of phenolic OH excluding ortho intramolecular Hbond substituents is 1. The van der Waals surface area contributed by atoms with Crippen LogP contribution in [0.3, 0.4) is 0 Å². The summed E-state index contributed by atoms with van der Waals surface area (Å²) in [4.78, 5) is 35.5. The number of carbonyl (C=O) groups is 2. The van der Waals surface area contributed by atoms with E-state index in [0.29, 0.717) is 41.8 Å². The van der Waals surface area contributed by atoms with E-state index in [1.807, 2.05) is 0 Å². The third-order valence-corrected chi connectivity index (χ3v) is 4.80. The van der Waals surface area contributed by atoms with Crippen LogP contribution in [-0.2, 0) is 14.3 Å². The van der Waals surface area contributed by atoms with Crippen LogP contribution in [0.15, 0.2) is 41.7 Å². The number of nitrogens with zero attached hydrogens (tertiary/aromatic N) is 1. The lowest BCUT2D eigenvalue weighted by molar-refractivity contribution is -0.385. The van der Waals surface area contributed by atoms with E-state index in [9.17, 15) is 24.8 Å². The van der Waals surface area contributed by atoms with E-state index in [4.69, 9.17) is 4.74 Å². The predicted octanol–water partition coefficient (Wildman–Crippen LogP) is 2.30. The number of ether oxygens (including phenoxy) is 1. The molecule has 2 aliphatic rings. The summed E-state index contributed by atoms with van der Waals surface area (Å²) in [6.45, 7) is 3.89. The Labute approximate surface area is 149 Å². The second kappa shape index (κ2) is 6.62. The Kier molecular flexibility index (Phi) is 4.50. The van der Waals surface area contributed by atoms with Crippen LogP contribution in [0.25, 0.3) is 0 Å². The lowest BCUT2D eigenvalue weighted by Gasteiger charge is -2.38. The summed E-state index contributed by atoms with van der Waals surface area (Å²) in [5.41, 5.74) is 1.40. The van der Waals surface area contributed by atoms with Crippen molar-refractivity contribution in [2.75, 3.05) is 7.11 Å². The van der Waals surface area contributed by atoms with Gasteiger partial charge in [0.05, 0.1) is 12.0 Å². The number of esters is 1. The van der Waals surface area contributed by atoms with Crippen LogP contribution in [0.1, 0.15) is 30.7 Å². The minimum Gasteiger partial charge on any atom is -0.502 e. The number of nitro benzene ring substituents is 1. The molecule has 8 heteroatoms. The molecule has 1 aliphatic heterocycles. The van der Waals surface area contributed by atoms with E-state index in [2.05, 4.69) is 11.9 Å². The predicted molar refractivity (Wildman–Crippen MR) is 91.2 cm³/mol. The van der Waals surface area contributed by atoms with Gasteiger partial charge in [0.25, 0.3) is 0 Å². The molecule has 1 aromatic carbocycles. The van der Waals surface area contributed by atoms with Gasteiger partial charge in [0, 0.05) is 35.4 Å². The minimum atomic E-state index is -0.898. The van der Waals surface area contributed by atoms with Crippen LogP contribution in [0, 0.1) is 16.0 Å². The molecule has 8 nitrogen and oxygen atoms in total. The van der Waals surface area contributed by atoms with Gasteiger partial charge >= 0.3 is 11.7 Å². The van der Waals surface area contributed by atoms with E-state index in [-0.39, 0.29) is 5.78 Å². The quantitative estimate of drug-likeness (QED) is 0.483. The van der Waals surface area contributed by atoms with Crippen molar-refractivity contribution in [3.8, 4) is 5.75 Å². The molecule has 0 bridgehead atoms. The standard InChI is InChI=1S/C18H18N2O6/c1-9-15(18(23)26-2)16(17-11(19-9)4-3-5-14(17)22)10-6-7-13(21)12(8-10)20(24)25/h6-8,15-16,19,21H,1,3-5H2,2H3. The highest BCUT2D eigenvalue weighted by Gasteiger charge is 2.44. The van der Waals surface area contributed by atoms with Crippen LogP contribution in [0.5, 0.6) is 5.75 Å². The Morgan fingerprint density at radius 1 is 1.42 bits per heavy atom. The summed E-state index contributed by atoms with van der Waals surface area (Å²) in [5, 5.41) is 23.9. The zero-order valence-corrected chi connectivity index (χ0v) is 14.2. The number of hydrogen-bond donors (Lipinski definition) is 2. The van der Waals surface area contributed by atoms with Crippen molar-refractivity contribution < 1.29 is 24.4 Å². The van der Waals surface area contributed by atoms with Gasteiger partial charge in [-0.15, -0.1) is 0 Å². The molecule has 26 heavy (non-hydrogen) atoms. The number of aromatic hydroxyl groups is 1. The fourth-order valence-electron chi connectivity index (χ4n) is 3.64. The normalized spacial score (nSPS) is 22.5. The van der Waals surface area contributed by atoms with Crippen molar-refractivity contribution in [3.63, 3.8) is 0 Å². The molecule has 1 heterocycles. The summed E-state index contributed by atoms with van der Waals surface area (Å²) >= 11 is 0. The van der Waals surface area contributed by atoms with Crippen LogP contribution >= 0.6 is 0 Å². The maximum atomic E-state index is 12.6. The van der Waals surface area contributed by atoms with E-state index < -0.39 is 34.2 Å². The van der Waals surface area contributed by atoms with Crippen molar-refractivity contribution >= 4 is 17.4 Å². The van der Waals surface area contributed by atoms with E-state index in [1.54, 1.807) is 0 Å². The Hall–Kier alpha value is -3.16. The van der Waals surface area contributed by atoms with E-state index in [0.717, 1.165) is 0 Å². The Morgan fingerprint density at radius 2 is 2.15 bits per heavy atom. The summed E-state index contributed by atoms with van der Waals surface area (Å²) in [6, 6.07) is 3.87. The monoisotopic (exact) mass is 358 g/mol. The lowest BCUT2D eigenvalue weighted by Crippen LogP contribution is -2.40. The number of Topliss-reactive ketones (excluding diaryl/α,β-unsaturated/α-hetero) is 1. The number of nitro groups is 1. The molecule has 136 valence electrons. The molecular weight excluding hydrogens is 340 g/mol. The number of phenols is 1. The molecule has 1 aromatic rings. The van der Waals surface area contributed by atoms with Gasteiger partial charge in [-0.3, -0.25) is 19.7 Å². The molecule has 0 amide bonds. The van der Waals surface area contributed by atoms with Crippen LogP contribution in [0.2, 0.25) is 0 Å². The molecule has 2 atom stereocenters.